The highest BCUT2D eigenvalue weighted by atomic mass is 19.1. The third kappa shape index (κ3) is 3.27. The second-order valence-electron chi connectivity index (χ2n) is 0.492. The molecule has 0 aromatic carbocycles. The maximum atomic E-state index is 10.8. The summed E-state index contributed by atoms with van der Waals surface area (Å²) >= 11 is 0. The van der Waals surface area contributed by atoms with Crippen LogP contribution in [0.25, 0.3) is 0 Å². The average Bonchev–Trinajstić information content (AvgIpc) is 1.38. The Kier molecular flexibility index (Phi) is 1.35. The van der Waals surface area contributed by atoms with Crippen LogP contribution in [-0.4, -0.2) is 12.2 Å². The minimum Gasteiger partial charge on any atom is -0.304 e. The Morgan fingerprint density at radius 2 is 2.00 bits per heavy atom. The van der Waals surface area contributed by atoms with E-state index in [1.54, 1.807) is 0 Å². The van der Waals surface area contributed by atoms with E-state index in [0.717, 1.165) is 0 Å². The number of halogens is 1. The molecule has 0 fully saturated rings. The Bertz CT molecular complexity index is 58.7. The molecule has 0 aliphatic heterocycles. The van der Waals surface area contributed by atoms with Crippen LogP contribution in [-0.2, 0) is 0 Å². The fraction of sp³-hybridized carbons (Fsp3) is 0. The van der Waals surface area contributed by atoms with Crippen LogP contribution in [0.2, 0.25) is 0 Å². The van der Waals surface area contributed by atoms with Crippen molar-refractivity contribution in [2.75, 3.05) is 0 Å². The zero-order valence-corrected chi connectivity index (χ0v) is 2.46. The number of hydrogen-bond donors (Lipinski definition) is 2. The summed E-state index contributed by atoms with van der Waals surface area (Å²) in [5.74, 6) is -1.20. The lowest BCUT2D eigenvalue weighted by molar-refractivity contribution is 0.814. The van der Waals surface area contributed by atoms with Crippen LogP contribution in [0, 0.1) is 10.8 Å². The Hall–Kier alpha value is -0.730. The minimum atomic E-state index is -1.20. The van der Waals surface area contributed by atoms with Gasteiger partial charge in [0.25, 0.3) is 0 Å². The molecule has 0 amide bonds. The van der Waals surface area contributed by atoms with E-state index in [9.17, 15) is 4.39 Å². The van der Waals surface area contributed by atoms with Gasteiger partial charge in [-0.2, -0.15) is 4.39 Å². The van der Waals surface area contributed by atoms with Crippen molar-refractivity contribution in [2.24, 2.45) is 0 Å². The van der Waals surface area contributed by atoms with Crippen molar-refractivity contribution in [1.29, 1.82) is 10.8 Å². The summed E-state index contributed by atoms with van der Waals surface area (Å²) in [5, 5.41) is 11.8. The fourth-order valence-corrected chi connectivity index (χ4v) is 0. The monoisotopic (exact) mass is 74.0 g/mol. The molecule has 0 spiro atoms. The predicted octanol–water partition coefficient (Wildman–Crippen LogP) is 0.583. The highest BCUT2D eigenvalue weighted by Crippen LogP contribution is 1.58. The van der Waals surface area contributed by atoms with Gasteiger partial charge in [0.1, 0.15) is 0 Å². The molecular weight excluding hydrogens is 71.0 g/mol. The van der Waals surface area contributed by atoms with Crippen LogP contribution >= 0.6 is 0 Å². The molecule has 0 aliphatic carbocycles. The fourth-order valence-electron chi connectivity index (χ4n) is 0. The summed E-state index contributed by atoms with van der Waals surface area (Å²) in [7, 11) is 0. The standard InChI is InChI=1S/C2H3FN2/c3-2(5)1-4/h1,4-5H. The zero-order chi connectivity index (χ0) is 4.28. The Morgan fingerprint density at radius 1 is 1.80 bits per heavy atom. The lowest BCUT2D eigenvalue weighted by Gasteiger charge is -1.61. The van der Waals surface area contributed by atoms with Gasteiger partial charge in [0.15, 0.2) is 0 Å². The number of hydrogen-bond acceptors (Lipinski definition) is 2. The number of nitrogens with one attached hydrogen (secondary N) is 2. The first kappa shape index (κ1) is 4.27. The molecular formula is C2H3FN2. The highest BCUT2D eigenvalue weighted by molar-refractivity contribution is 6.22. The van der Waals surface area contributed by atoms with Crippen molar-refractivity contribution < 1.29 is 4.39 Å². The molecule has 0 atom stereocenters. The van der Waals surface area contributed by atoms with E-state index in [1.165, 1.54) is 0 Å². The van der Waals surface area contributed by atoms with Crippen molar-refractivity contribution in [2.45, 2.75) is 0 Å². The molecule has 0 aliphatic rings. The molecule has 2 nitrogen and oxygen atoms in total. The predicted molar refractivity (Wildman–Crippen MR) is 17.6 cm³/mol. The largest absolute Gasteiger partial charge is 0.304 e. The van der Waals surface area contributed by atoms with E-state index < -0.39 is 5.97 Å². The van der Waals surface area contributed by atoms with E-state index in [2.05, 4.69) is 0 Å². The summed E-state index contributed by atoms with van der Waals surface area (Å²) in [6.45, 7) is 0. The van der Waals surface area contributed by atoms with Gasteiger partial charge in [-0.15, -0.1) is 0 Å². The van der Waals surface area contributed by atoms with Gasteiger partial charge in [0.05, 0.1) is 6.21 Å². The number of rotatable bonds is 1. The van der Waals surface area contributed by atoms with E-state index in [-0.39, 0.29) is 0 Å². The Morgan fingerprint density at radius 3 is 2.00 bits per heavy atom. The molecule has 0 heterocycles. The second kappa shape index (κ2) is 1.58. The summed E-state index contributed by atoms with van der Waals surface area (Å²) in [6, 6.07) is 0. The van der Waals surface area contributed by atoms with Crippen molar-refractivity contribution in [3.8, 4) is 0 Å². The maximum absolute atomic E-state index is 10.8. The SMILES string of the molecule is N=CC(=N)F. The minimum absolute atomic E-state index is 0.333. The average molecular weight is 74.1 g/mol. The smallest absolute Gasteiger partial charge is 0.223 e. The molecule has 0 aromatic rings. The van der Waals surface area contributed by atoms with Crippen molar-refractivity contribution >= 4 is 12.2 Å². The molecule has 0 saturated carbocycles. The first-order valence-corrected chi connectivity index (χ1v) is 1.02. The van der Waals surface area contributed by atoms with Crippen LogP contribution in [0.3, 0.4) is 0 Å². The van der Waals surface area contributed by atoms with E-state index in [4.69, 9.17) is 10.8 Å². The molecule has 0 unspecified atom stereocenters. The van der Waals surface area contributed by atoms with Gasteiger partial charge in [-0.25, -0.2) is 0 Å². The third-order valence-corrected chi connectivity index (χ3v) is 0.127. The van der Waals surface area contributed by atoms with Crippen LogP contribution in [0.5, 0.6) is 0 Å². The molecule has 5 heavy (non-hydrogen) atoms. The lowest BCUT2D eigenvalue weighted by atomic mass is 10.8. The van der Waals surface area contributed by atoms with Crippen LogP contribution in [0.1, 0.15) is 0 Å². The van der Waals surface area contributed by atoms with Gasteiger partial charge in [-0.1, -0.05) is 0 Å². The van der Waals surface area contributed by atoms with E-state index >= 15 is 0 Å². The Labute approximate surface area is 28.6 Å². The van der Waals surface area contributed by atoms with Gasteiger partial charge in [0, 0.05) is 0 Å². The molecule has 0 bridgehead atoms. The molecule has 28 valence electrons. The summed E-state index contributed by atoms with van der Waals surface area (Å²) < 4.78 is 10.8. The molecule has 2 N–H and O–H groups in total. The Balaban J connectivity index is 3.20. The lowest BCUT2D eigenvalue weighted by Crippen LogP contribution is -1.79. The third-order valence-electron chi connectivity index (χ3n) is 0.127. The summed E-state index contributed by atoms with van der Waals surface area (Å²) in [5.41, 5.74) is 0. The first-order chi connectivity index (χ1) is 2.27. The molecule has 3 heteroatoms. The van der Waals surface area contributed by atoms with Gasteiger partial charge < -0.3 is 5.41 Å². The van der Waals surface area contributed by atoms with Gasteiger partial charge in [-0.05, 0) is 0 Å². The van der Waals surface area contributed by atoms with E-state index in [0.29, 0.717) is 6.21 Å². The highest BCUT2D eigenvalue weighted by Gasteiger charge is 1.72. The molecule has 0 aromatic heterocycles. The zero-order valence-electron chi connectivity index (χ0n) is 2.46. The van der Waals surface area contributed by atoms with Crippen molar-refractivity contribution in [1.82, 2.24) is 0 Å². The van der Waals surface area contributed by atoms with Crippen molar-refractivity contribution in [3.63, 3.8) is 0 Å². The molecule has 0 saturated heterocycles. The quantitative estimate of drug-likeness (QED) is 0.427. The van der Waals surface area contributed by atoms with Gasteiger partial charge in [0.2, 0.25) is 5.97 Å². The molecule has 0 rings (SSSR count). The first-order valence-electron chi connectivity index (χ1n) is 1.02. The van der Waals surface area contributed by atoms with Crippen LogP contribution in [0.15, 0.2) is 0 Å². The maximum Gasteiger partial charge on any atom is 0.223 e. The summed E-state index contributed by atoms with van der Waals surface area (Å²) in [6.07, 6.45) is 0.333. The summed E-state index contributed by atoms with van der Waals surface area (Å²) in [4.78, 5) is 0. The molecule has 0 radical (unpaired) electrons. The second-order valence-corrected chi connectivity index (χ2v) is 0.492. The van der Waals surface area contributed by atoms with Gasteiger partial charge >= 0.3 is 0 Å². The van der Waals surface area contributed by atoms with Crippen LogP contribution in [0.4, 0.5) is 4.39 Å². The normalized spacial score (nSPS) is 6.60. The topological polar surface area (TPSA) is 47.7 Å². The van der Waals surface area contributed by atoms with Gasteiger partial charge in [-0.3, -0.25) is 5.41 Å². The van der Waals surface area contributed by atoms with Crippen LogP contribution < -0.4 is 0 Å². The van der Waals surface area contributed by atoms with E-state index in [1.807, 2.05) is 0 Å². The van der Waals surface area contributed by atoms with Crippen molar-refractivity contribution in [3.05, 3.63) is 0 Å².